The van der Waals surface area contributed by atoms with Gasteiger partial charge in [0, 0.05) is 18.7 Å². The first-order valence-electron chi connectivity index (χ1n) is 7.37. The Balaban J connectivity index is 1.73. The van der Waals surface area contributed by atoms with Gasteiger partial charge in [0.1, 0.15) is 5.75 Å². The van der Waals surface area contributed by atoms with Crippen molar-refractivity contribution in [2.45, 2.75) is 4.34 Å². The van der Waals surface area contributed by atoms with Crippen LogP contribution in [0.1, 0.15) is 10.4 Å². The van der Waals surface area contributed by atoms with E-state index >= 15 is 0 Å². The summed E-state index contributed by atoms with van der Waals surface area (Å²) in [4.78, 5) is 12.2. The average Bonchev–Trinajstić information content (AvgIpc) is 3.12. The Bertz CT molecular complexity index is 862. The zero-order valence-electron chi connectivity index (χ0n) is 13.3. The van der Waals surface area contributed by atoms with Crippen molar-refractivity contribution in [2.24, 2.45) is 0 Å². The second-order valence-electron chi connectivity index (χ2n) is 5.08. The molecule has 134 valence electrons. The summed E-state index contributed by atoms with van der Waals surface area (Å²) < 4.78 is 36.3. The Kier molecular flexibility index (Phi) is 5.27. The van der Waals surface area contributed by atoms with Crippen molar-refractivity contribution < 1.29 is 22.7 Å². The summed E-state index contributed by atoms with van der Waals surface area (Å²) >= 11 is 0.811. The van der Waals surface area contributed by atoms with Gasteiger partial charge >= 0.3 is 0 Å². The molecular weight excluding hydrogens is 368 g/mol. The molecule has 0 atom stereocenters. The number of amides is 1. The Labute approximate surface area is 148 Å². The maximum absolute atomic E-state index is 12.5. The second kappa shape index (κ2) is 7.44. The van der Waals surface area contributed by atoms with Crippen LogP contribution in [0.3, 0.4) is 0 Å². The molecule has 0 saturated carbocycles. The normalized spacial score (nSPS) is 15.7. The number of carbonyl (C=O) groups is 1. The van der Waals surface area contributed by atoms with Gasteiger partial charge in [0.2, 0.25) is 9.47 Å². The van der Waals surface area contributed by atoms with Crippen molar-refractivity contribution in [2.75, 3.05) is 38.7 Å². The van der Waals surface area contributed by atoms with Crippen molar-refractivity contribution >= 4 is 32.4 Å². The molecule has 9 nitrogen and oxygen atoms in total. The number of nitrogens with one attached hydrogen (secondary N) is 1. The molecule has 1 aliphatic rings. The van der Waals surface area contributed by atoms with Gasteiger partial charge in [-0.15, -0.1) is 10.2 Å². The number of benzene rings is 1. The fourth-order valence-electron chi connectivity index (χ4n) is 2.20. The van der Waals surface area contributed by atoms with Gasteiger partial charge in [0.15, 0.2) is 0 Å². The summed E-state index contributed by atoms with van der Waals surface area (Å²) in [5.41, 5.74) is 0.368. The van der Waals surface area contributed by atoms with Crippen LogP contribution in [0.2, 0.25) is 0 Å². The SMILES string of the molecule is COc1cccc(C(=O)Nc2nnc(S(=O)(=O)N3CCOCC3)s2)c1. The zero-order valence-corrected chi connectivity index (χ0v) is 15.0. The van der Waals surface area contributed by atoms with E-state index in [1.165, 1.54) is 11.4 Å². The Hall–Kier alpha value is -2.08. The number of ether oxygens (including phenoxy) is 2. The van der Waals surface area contributed by atoms with Gasteiger partial charge in [0.25, 0.3) is 15.9 Å². The lowest BCUT2D eigenvalue weighted by Crippen LogP contribution is -2.40. The number of methoxy groups -OCH3 is 1. The lowest BCUT2D eigenvalue weighted by Gasteiger charge is -2.24. The van der Waals surface area contributed by atoms with Crippen LogP contribution in [0.15, 0.2) is 28.6 Å². The third-order valence-corrected chi connectivity index (χ3v) is 6.57. The van der Waals surface area contributed by atoms with Crippen LogP contribution in [0.4, 0.5) is 5.13 Å². The highest BCUT2D eigenvalue weighted by atomic mass is 32.2. The van der Waals surface area contributed by atoms with Crippen molar-refractivity contribution in [1.29, 1.82) is 0 Å². The predicted octanol–water partition coefficient (Wildman–Crippen LogP) is 0.820. The number of hydrogen-bond donors (Lipinski definition) is 1. The quantitative estimate of drug-likeness (QED) is 0.760. The first-order valence-corrected chi connectivity index (χ1v) is 9.63. The Morgan fingerprint density at radius 1 is 1.32 bits per heavy atom. The van der Waals surface area contributed by atoms with Crippen molar-refractivity contribution in [3.05, 3.63) is 29.8 Å². The third-order valence-electron chi connectivity index (χ3n) is 3.49. The standard InChI is InChI=1S/C14H16N4O5S2/c1-22-11-4-2-3-10(9-11)12(19)15-13-16-17-14(24-13)25(20,21)18-5-7-23-8-6-18/h2-4,9H,5-8H2,1H3,(H,15,16,19). The molecule has 0 unspecified atom stereocenters. The highest BCUT2D eigenvalue weighted by molar-refractivity contribution is 7.91. The van der Waals surface area contributed by atoms with Crippen LogP contribution in [0, 0.1) is 0 Å². The fourth-order valence-corrected chi connectivity index (χ4v) is 4.64. The molecule has 1 fully saturated rings. The van der Waals surface area contributed by atoms with Gasteiger partial charge in [-0.1, -0.05) is 17.4 Å². The fraction of sp³-hybridized carbons (Fsp3) is 0.357. The average molecular weight is 384 g/mol. The lowest BCUT2D eigenvalue weighted by atomic mass is 10.2. The molecule has 0 aliphatic carbocycles. The van der Waals surface area contributed by atoms with Crippen LogP contribution in [-0.2, 0) is 14.8 Å². The third kappa shape index (κ3) is 3.95. The van der Waals surface area contributed by atoms with E-state index in [1.807, 2.05) is 0 Å². The molecule has 25 heavy (non-hydrogen) atoms. The van der Waals surface area contributed by atoms with Crippen molar-refractivity contribution in [1.82, 2.24) is 14.5 Å². The predicted molar refractivity (Wildman–Crippen MR) is 90.4 cm³/mol. The largest absolute Gasteiger partial charge is 0.497 e. The first-order chi connectivity index (χ1) is 12.0. The van der Waals surface area contributed by atoms with Crippen LogP contribution in [0.5, 0.6) is 5.75 Å². The molecule has 0 radical (unpaired) electrons. The summed E-state index contributed by atoms with van der Waals surface area (Å²) in [6, 6.07) is 6.59. The maximum Gasteiger partial charge on any atom is 0.272 e. The number of nitrogens with zero attached hydrogens (tertiary/aromatic N) is 3. The first kappa shape index (κ1) is 17.7. The summed E-state index contributed by atoms with van der Waals surface area (Å²) in [5.74, 6) is 0.117. The Morgan fingerprint density at radius 3 is 2.80 bits per heavy atom. The lowest BCUT2D eigenvalue weighted by molar-refractivity contribution is 0.0730. The van der Waals surface area contributed by atoms with E-state index in [4.69, 9.17) is 9.47 Å². The van der Waals surface area contributed by atoms with Gasteiger partial charge in [-0.05, 0) is 18.2 Å². The highest BCUT2D eigenvalue weighted by Crippen LogP contribution is 2.24. The second-order valence-corrected chi connectivity index (χ2v) is 8.16. The van der Waals surface area contributed by atoms with E-state index in [2.05, 4.69) is 15.5 Å². The van der Waals surface area contributed by atoms with Gasteiger partial charge in [-0.25, -0.2) is 8.42 Å². The molecule has 0 bridgehead atoms. The minimum Gasteiger partial charge on any atom is -0.497 e. The molecule has 0 spiro atoms. The van der Waals surface area contributed by atoms with Crippen molar-refractivity contribution in [3.8, 4) is 5.75 Å². The molecule has 1 saturated heterocycles. The molecule has 1 amide bonds. The summed E-state index contributed by atoms with van der Waals surface area (Å²) in [6.45, 7) is 1.23. The number of rotatable bonds is 5. The van der Waals surface area contributed by atoms with Crippen LogP contribution in [0.25, 0.3) is 0 Å². The number of aromatic nitrogens is 2. The smallest absolute Gasteiger partial charge is 0.272 e. The van der Waals surface area contributed by atoms with Gasteiger partial charge in [-0.2, -0.15) is 4.31 Å². The number of carbonyl (C=O) groups excluding carboxylic acids is 1. The number of morpholine rings is 1. The molecular formula is C14H16N4O5S2. The van der Waals surface area contributed by atoms with E-state index in [0.717, 1.165) is 11.3 Å². The summed E-state index contributed by atoms with van der Waals surface area (Å²) in [6.07, 6.45) is 0. The maximum atomic E-state index is 12.5. The minimum atomic E-state index is -3.73. The van der Waals surface area contributed by atoms with E-state index in [-0.39, 0.29) is 22.6 Å². The molecule has 11 heteroatoms. The number of anilines is 1. The Morgan fingerprint density at radius 2 is 2.08 bits per heavy atom. The van der Waals surface area contributed by atoms with Gasteiger partial charge < -0.3 is 9.47 Å². The molecule has 1 aromatic heterocycles. The van der Waals surface area contributed by atoms with Gasteiger partial charge in [0.05, 0.1) is 20.3 Å². The molecule has 1 aromatic carbocycles. The number of hydrogen-bond acceptors (Lipinski definition) is 8. The number of sulfonamides is 1. The molecule has 1 aliphatic heterocycles. The summed E-state index contributed by atoms with van der Waals surface area (Å²) in [7, 11) is -2.22. The van der Waals surface area contributed by atoms with Crippen LogP contribution >= 0.6 is 11.3 Å². The van der Waals surface area contributed by atoms with Crippen molar-refractivity contribution in [3.63, 3.8) is 0 Å². The van der Waals surface area contributed by atoms with E-state index in [1.54, 1.807) is 24.3 Å². The summed E-state index contributed by atoms with van der Waals surface area (Å²) in [5, 5.41) is 10.1. The molecule has 2 heterocycles. The van der Waals surface area contributed by atoms with Gasteiger partial charge in [-0.3, -0.25) is 10.1 Å². The van der Waals surface area contributed by atoms with Crippen LogP contribution < -0.4 is 10.1 Å². The minimum absolute atomic E-state index is 0.111. The monoisotopic (exact) mass is 384 g/mol. The molecule has 2 aromatic rings. The molecule has 1 N–H and O–H groups in total. The van der Waals surface area contributed by atoms with E-state index in [0.29, 0.717) is 24.5 Å². The van der Waals surface area contributed by atoms with E-state index < -0.39 is 15.9 Å². The zero-order chi connectivity index (χ0) is 17.9. The highest BCUT2D eigenvalue weighted by Gasteiger charge is 2.30. The van der Waals surface area contributed by atoms with Crippen LogP contribution in [-0.4, -0.2) is 62.2 Å². The van der Waals surface area contributed by atoms with E-state index in [9.17, 15) is 13.2 Å². The molecule has 3 rings (SSSR count). The topological polar surface area (TPSA) is 111 Å².